The van der Waals surface area contributed by atoms with E-state index in [0.29, 0.717) is 24.9 Å². The molecule has 0 unspecified atom stereocenters. The number of rotatable bonds is 2. The van der Waals surface area contributed by atoms with Crippen molar-refractivity contribution in [1.82, 2.24) is 0 Å². The highest BCUT2D eigenvalue weighted by Crippen LogP contribution is 2.31. The lowest BCUT2D eigenvalue weighted by molar-refractivity contribution is 0.102. The van der Waals surface area contributed by atoms with Gasteiger partial charge in [0.2, 0.25) is 0 Å². The van der Waals surface area contributed by atoms with E-state index in [2.05, 4.69) is 5.32 Å². The van der Waals surface area contributed by atoms with E-state index in [0.717, 1.165) is 11.3 Å². The van der Waals surface area contributed by atoms with Crippen LogP contribution in [0.1, 0.15) is 10.4 Å². The zero-order valence-electron chi connectivity index (χ0n) is 8.34. The van der Waals surface area contributed by atoms with Crippen LogP contribution in [-0.2, 0) is 0 Å². The normalized spacial score (nSPS) is 10.3. The summed E-state index contributed by atoms with van der Waals surface area (Å²) in [5, 5.41) is 3.32. The van der Waals surface area contributed by atoms with Crippen LogP contribution in [-0.4, -0.2) is 5.91 Å². The average Bonchev–Trinajstić information content (AvgIpc) is 2.61. The third-order valence-corrected chi connectivity index (χ3v) is 3.74. The van der Waals surface area contributed by atoms with Gasteiger partial charge in [-0.2, -0.15) is 0 Å². The second-order valence-electron chi connectivity index (χ2n) is 3.20. The Labute approximate surface area is 117 Å². The Hall–Kier alpha value is -0.740. The van der Waals surface area contributed by atoms with Gasteiger partial charge >= 0.3 is 0 Å². The van der Waals surface area contributed by atoms with Gasteiger partial charge in [-0.05, 0) is 30.3 Å². The minimum absolute atomic E-state index is 0.291. The lowest BCUT2D eigenvalue weighted by Gasteiger charge is -2.03. The predicted molar refractivity (Wildman–Crippen MR) is 73.7 cm³/mol. The summed E-state index contributed by atoms with van der Waals surface area (Å²) in [4.78, 5) is 11.9. The molecule has 0 aliphatic rings. The van der Waals surface area contributed by atoms with Crippen LogP contribution in [0.3, 0.4) is 0 Å². The van der Waals surface area contributed by atoms with Gasteiger partial charge in [-0.25, -0.2) is 0 Å². The van der Waals surface area contributed by atoms with Crippen LogP contribution >= 0.6 is 46.1 Å². The van der Waals surface area contributed by atoms with Gasteiger partial charge in [-0.1, -0.05) is 34.8 Å². The van der Waals surface area contributed by atoms with E-state index in [4.69, 9.17) is 34.8 Å². The summed E-state index contributed by atoms with van der Waals surface area (Å²) in [6, 6.07) is 8.35. The van der Waals surface area contributed by atoms with E-state index in [1.807, 2.05) is 0 Å². The molecule has 1 heterocycles. The minimum Gasteiger partial charge on any atom is -0.322 e. The van der Waals surface area contributed by atoms with E-state index in [-0.39, 0.29) is 5.91 Å². The van der Waals surface area contributed by atoms with Crippen LogP contribution in [0, 0.1) is 0 Å². The largest absolute Gasteiger partial charge is 0.322 e. The number of nitrogens with one attached hydrogen (secondary N) is 1. The molecule has 1 aromatic carbocycles. The molecule has 2 rings (SSSR count). The van der Waals surface area contributed by atoms with Crippen LogP contribution in [0.15, 0.2) is 30.3 Å². The lowest BCUT2D eigenvalue weighted by atomic mass is 10.3. The van der Waals surface area contributed by atoms with Crippen LogP contribution in [0.25, 0.3) is 0 Å². The van der Waals surface area contributed by atoms with Crippen molar-refractivity contribution in [2.45, 2.75) is 0 Å². The number of carbonyl (C=O) groups is 1. The zero-order chi connectivity index (χ0) is 12.4. The van der Waals surface area contributed by atoms with Crippen LogP contribution in [0.2, 0.25) is 13.7 Å². The molecule has 0 aliphatic carbocycles. The maximum Gasteiger partial charge on any atom is 0.258 e. The number of anilines is 1. The quantitative estimate of drug-likeness (QED) is 0.834. The molecule has 17 heavy (non-hydrogen) atoms. The van der Waals surface area contributed by atoms with Crippen molar-refractivity contribution < 1.29 is 4.79 Å². The number of thiophene rings is 1. The van der Waals surface area contributed by atoms with Gasteiger partial charge in [0.1, 0.15) is 4.34 Å². The molecule has 1 N–H and O–H groups in total. The second kappa shape index (κ2) is 5.27. The number of halogens is 3. The van der Waals surface area contributed by atoms with Gasteiger partial charge in [0.15, 0.2) is 0 Å². The molecular formula is C11H6Cl3NOS. The molecule has 2 nitrogen and oxygen atoms in total. The Morgan fingerprint density at radius 3 is 2.29 bits per heavy atom. The highest BCUT2D eigenvalue weighted by Gasteiger charge is 2.14. The van der Waals surface area contributed by atoms with E-state index in [1.165, 1.54) is 0 Å². The summed E-state index contributed by atoms with van der Waals surface area (Å²) in [6.45, 7) is 0. The minimum atomic E-state index is -0.291. The Morgan fingerprint density at radius 2 is 1.76 bits per heavy atom. The van der Waals surface area contributed by atoms with Gasteiger partial charge in [0.25, 0.3) is 5.91 Å². The van der Waals surface area contributed by atoms with Gasteiger partial charge in [-0.3, -0.25) is 4.79 Å². The molecule has 2 aromatic rings. The van der Waals surface area contributed by atoms with E-state index in [9.17, 15) is 4.79 Å². The van der Waals surface area contributed by atoms with Crippen molar-refractivity contribution in [1.29, 1.82) is 0 Å². The fourth-order valence-electron chi connectivity index (χ4n) is 1.23. The van der Waals surface area contributed by atoms with Crippen molar-refractivity contribution >= 4 is 57.7 Å². The van der Waals surface area contributed by atoms with Gasteiger partial charge in [-0.15, -0.1) is 11.3 Å². The third kappa shape index (κ3) is 3.13. The van der Waals surface area contributed by atoms with Gasteiger partial charge in [0.05, 0.1) is 9.90 Å². The fraction of sp³-hybridized carbons (Fsp3) is 0. The van der Waals surface area contributed by atoms with Crippen LogP contribution in [0.5, 0.6) is 0 Å². The summed E-state index contributed by atoms with van der Waals surface area (Å²) in [5.41, 5.74) is 1.02. The molecule has 0 saturated carbocycles. The standard InChI is InChI=1S/C11H6Cl3NOS/c12-6-1-3-7(4-2-6)15-11(16)8-5-9(13)17-10(8)14/h1-5H,(H,15,16). The Bertz CT molecular complexity index is 550. The number of hydrogen-bond donors (Lipinski definition) is 1. The number of hydrogen-bond acceptors (Lipinski definition) is 2. The van der Waals surface area contributed by atoms with Crippen molar-refractivity contribution in [2.75, 3.05) is 5.32 Å². The summed E-state index contributed by atoms with van der Waals surface area (Å²) in [5.74, 6) is -0.291. The molecular weight excluding hydrogens is 301 g/mol. The first-order valence-corrected chi connectivity index (χ1v) is 6.53. The number of amides is 1. The fourth-order valence-corrected chi connectivity index (χ4v) is 2.81. The summed E-state index contributed by atoms with van der Waals surface area (Å²) in [7, 11) is 0. The molecule has 0 bridgehead atoms. The van der Waals surface area contributed by atoms with E-state index in [1.54, 1.807) is 30.3 Å². The highest BCUT2D eigenvalue weighted by atomic mass is 35.5. The first kappa shape index (κ1) is 12.7. The Balaban J connectivity index is 2.17. The number of benzene rings is 1. The maximum atomic E-state index is 11.9. The molecule has 0 atom stereocenters. The Kier molecular flexibility index (Phi) is 3.94. The molecule has 0 spiro atoms. The summed E-state index contributed by atoms with van der Waals surface area (Å²) >= 11 is 18.6. The van der Waals surface area contributed by atoms with Crippen molar-refractivity contribution in [2.24, 2.45) is 0 Å². The molecule has 0 aliphatic heterocycles. The zero-order valence-corrected chi connectivity index (χ0v) is 11.4. The maximum absolute atomic E-state index is 11.9. The van der Waals surface area contributed by atoms with Crippen molar-refractivity contribution in [3.63, 3.8) is 0 Å². The monoisotopic (exact) mass is 305 g/mol. The van der Waals surface area contributed by atoms with E-state index < -0.39 is 0 Å². The molecule has 1 amide bonds. The van der Waals surface area contributed by atoms with Crippen LogP contribution in [0.4, 0.5) is 5.69 Å². The number of carbonyl (C=O) groups excluding carboxylic acids is 1. The summed E-state index contributed by atoms with van der Waals surface area (Å²) < 4.78 is 0.859. The average molecular weight is 307 g/mol. The second-order valence-corrected chi connectivity index (χ2v) is 5.92. The first-order valence-electron chi connectivity index (χ1n) is 4.58. The van der Waals surface area contributed by atoms with Gasteiger partial charge < -0.3 is 5.32 Å². The van der Waals surface area contributed by atoms with E-state index >= 15 is 0 Å². The Morgan fingerprint density at radius 1 is 1.12 bits per heavy atom. The molecule has 88 valence electrons. The molecule has 0 saturated heterocycles. The SMILES string of the molecule is O=C(Nc1ccc(Cl)cc1)c1cc(Cl)sc1Cl. The summed E-state index contributed by atoms with van der Waals surface area (Å²) in [6.07, 6.45) is 0. The van der Waals surface area contributed by atoms with Crippen molar-refractivity contribution in [3.05, 3.63) is 49.6 Å². The molecule has 6 heteroatoms. The van der Waals surface area contributed by atoms with Crippen molar-refractivity contribution in [3.8, 4) is 0 Å². The molecule has 0 radical (unpaired) electrons. The molecule has 0 fully saturated rings. The van der Waals surface area contributed by atoms with Gasteiger partial charge in [0, 0.05) is 10.7 Å². The van der Waals surface area contributed by atoms with Crippen LogP contribution < -0.4 is 5.32 Å². The predicted octanol–water partition coefficient (Wildman–Crippen LogP) is 4.96. The smallest absolute Gasteiger partial charge is 0.258 e. The third-order valence-electron chi connectivity index (χ3n) is 2.00. The topological polar surface area (TPSA) is 29.1 Å². The lowest BCUT2D eigenvalue weighted by Crippen LogP contribution is -2.11. The molecule has 1 aromatic heterocycles. The highest BCUT2D eigenvalue weighted by molar-refractivity contribution is 7.20. The first-order chi connectivity index (χ1) is 8.06.